The van der Waals surface area contributed by atoms with Crippen molar-refractivity contribution < 1.29 is 28.1 Å². The monoisotopic (exact) mass is 340 g/mol. The van der Waals surface area contributed by atoms with Crippen LogP contribution in [0.2, 0.25) is 0 Å². The first-order chi connectivity index (χ1) is 11.4. The molecule has 0 spiro atoms. The van der Waals surface area contributed by atoms with E-state index in [2.05, 4.69) is 14.8 Å². The van der Waals surface area contributed by atoms with Gasteiger partial charge in [-0.25, -0.2) is 8.78 Å². The third-order valence-corrected chi connectivity index (χ3v) is 2.84. The predicted octanol–water partition coefficient (Wildman–Crippen LogP) is 1.63. The van der Waals surface area contributed by atoms with Crippen molar-refractivity contribution in [1.82, 2.24) is 10.1 Å². The molecule has 24 heavy (non-hydrogen) atoms. The molecular formula is C16H20F2N3O3+. The van der Waals surface area contributed by atoms with Crippen molar-refractivity contribution in [1.29, 1.82) is 0 Å². The van der Waals surface area contributed by atoms with Gasteiger partial charge in [-0.15, -0.1) is 0 Å². The van der Waals surface area contributed by atoms with Gasteiger partial charge in [0.2, 0.25) is 0 Å². The molecule has 0 saturated heterocycles. The maximum atomic E-state index is 11.2. The van der Waals surface area contributed by atoms with Gasteiger partial charge in [0, 0.05) is 30.9 Å². The first-order valence-electron chi connectivity index (χ1n) is 7.17. The zero-order valence-electron chi connectivity index (χ0n) is 13.5. The summed E-state index contributed by atoms with van der Waals surface area (Å²) in [5.41, 5.74) is 2.09. The molecular weight excluding hydrogens is 320 g/mol. The number of pyridine rings is 1. The molecule has 1 N–H and O–H groups in total. The van der Waals surface area contributed by atoms with Crippen molar-refractivity contribution >= 4 is 5.97 Å². The van der Waals surface area contributed by atoms with Crippen LogP contribution in [0, 0.1) is 0 Å². The van der Waals surface area contributed by atoms with Crippen LogP contribution in [0.25, 0.3) is 11.1 Å². The van der Waals surface area contributed by atoms with Gasteiger partial charge in [-0.3, -0.25) is 9.78 Å². The van der Waals surface area contributed by atoms with E-state index in [9.17, 15) is 13.6 Å². The van der Waals surface area contributed by atoms with Crippen molar-refractivity contribution in [3.05, 3.63) is 43.0 Å². The van der Waals surface area contributed by atoms with Crippen LogP contribution >= 0.6 is 0 Å². The number of hydrogen-bond donors (Lipinski definition) is 1. The number of esters is 1. The SMILES string of the molecule is CC(F)(F)CO.COC(=O)CC[n+]1ccc(-c2ccncc2)cn1. The van der Waals surface area contributed by atoms with Crippen molar-refractivity contribution in [3.8, 4) is 11.1 Å². The molecule has 0 aliphatic carbocycles. The van der Waals surface area contributed by atoms with Crippen molar-refractivity contribution in [3.63, 3.8) is 0 Å². The summed E-state index contributed by atoms with van der Waals surface area (Å²) >= 11 is 0. The van der Waals surface area contributed by atoms with Crippen molar-refractivity contribution in [2.75, 3.05) is 13.7 Å². The van der Waals surface area contributed by atoms with Gasteiger partial charge in [0.05, 0.1) is 7.11 Å². The Morgan fingerprint density at radius 2 is 1.92 bits per heavy atom. The second-order valence-electron chi connectivity index (χ2n) is 4.97. The van der Waals surface area contributed by atoms with Crippen molar-refractivity contribution in [2.24, 2.45) is 0 Å². The van der Waals surface area contributed by atoms with Crippen LogP contribution in [0.15, 0.2) is 43.0 Å². The third-order valence-electron chi connectivity index (χ3n) is 2.84. The van der Waals surface area contributed by atoms with Gasteiger partial charge in [-0.1, -0.05) is 4.68 Å². The van der Waals surface area contributed by atoms with Crippen LogP contribution in [0.4, 0.5) is 8.78 Å². The van der Waals surface area contributed by atoms with Gasteiger partial charge in [-0.2, -0.15) is 0 Å². The van der Waals surface area contributed by atoms with Crippen LogP contribution in [-0.4, -0.2) is 40.8 Å². The van der Waals surface area contributed by atoms with E-state index >= 15 is 0 Å². The quantitative estimate of drug-likeness (QED) is 0.661. The zero-order chi connectivity index (χ0) is 18.0. The minimum absolute atomic E-state index is 0.234. The Labute approximate surface area is 138 Å². The number of carbonyl (C=O) groups is 1. The maximum Gasteiger partial charge on any atom is 0.312 e. The van der Waals surface area contributed by atoms with E-state index in [0.29, 0.717) is 19.9 Å². The van der Waals surface area contributed by atoms with Gasteiger partial charge in [0.25, 0.3) is 5.92 Å². The summed E-state index contributed by atoms with van der Waals surface area (Å²) in [6, 6.07) is 5.81. The molecule has 2 rings (SSSR count). The standard InChI is InChI=1S/C13H14N3O2.C3H6F2O/c1-18-13(17)5-9-16-8-4-12(10-15-16)11-2-6-14-7-3-11;1-3(4,5)2-6/h2-4,6-8,10H,5,9H2,1H3;6H,2H2,1H3/q+1;. The summed E-state index contributed by atoms with van der Waals surface area (Å²) < 4.78 is 28.7. The van der Waals surface area contributed by atoms with E-state index in [-0.39, 0.29) is 5.97 Å². The normalized spacial score (nSPS) is 10.5. The fraction of sp³-hybridized carbons (Fsp3) is 0.375. The molecule has 0 unspecified atom stereocenters. The molecule has 0 bridgehead atoms. The second kappa shape index (κ2) is 9.61. The fourth-order valence-corrected chi connectivity index (χ4v) is 1.54. The minimum Gasteiger partial charge on any atom is -0.469 e. The molecule has 2 heterocycles. The Morgan fingerprint density at radius 1 is 1.29 bits per heavy atom. The molecule has 0 aromatic carbocycles. The number of rotatable bonds is 5. The highest BCUT2D eigenvalue weighted by molar-refractivity contribution is 5.68. The molecule has 0 aliphatic rings. The van der Waals surface area contributed by atoms with Gasteiger partial charge >= 0.3 is 5.97 Å². The van der Waals surface area contributed by atoms with Crippen LogP contribution in [0.3, 0.4) is 0 Å². The van der Waals surface area contributed by atoms with Gasteiger partial charge in [0.15, 0.2) is 12.7 Å². The number of aromatic nitrogens is 3. The summed E-state index contributed by atoms with van der Waals surface area (Å²) in [6.07, 6.45) is 7.43. The lowest BCUT2D eigenvalue weighted by atomic mass is 10.1. The lowest BCUT2D eigenvalue weighted by molar-refractivity contribution is -0.752. The highest BCUT2D eigenvalue weighted by atomic mass is 19.3. The molecule has 2 aromatic heterocycles. The topological polar surface area (TPSA) is 76.2 Å². The molecule has 0 radical (unpaired) electrons. The average Bonchev–Trinajstić information content (AvgIpc) is 2.60. The first-order valence-corrected chi connectivity index (χ1v) is 7.17. The Morgan fingerprint density at radius 3 is 2.38 bits per heavy atom. The molecule has 2 aromatic rings. The fourth-order valence-electron chi connectivity index (χ4n) is 1.54. The molecule has 0 aliphatic heterocycles. The number of halogens is 2. The number of methoxy groups -OCH3 is 1. The van der Waals surface area contributed by atoms with E-state index in [1.807, 2.05) is 24.4 Å². The van der Waals surface area contributed by atoms with E-state index in [0.717, 1.165) is 11.1 Å². The third kappa shape index (κ3) is 7.68. The number of aryl methyl sites for hydroxylation is 1. The number of hydrogen-bond acceptors (Lipinski definition) is 5. The minimum atomic E-state index is -2.90. The smallest absolute Gasteiger partial charge is 0.312 e. The van der Waals surface area contributed by atoms with E-state index in [1.54, 1.807) is 23.3 Å². The Kier molecular flexibility index (Phi) is 7.84. The molecule has 0 saturated carbocycles. The number of aliphatic hydroxyl groups is 1. The van der Waals surface area contributed by atoms with E-state index < -0.39 is 12.5 Å². The van der Waals surface area contributed by atoms with Gasteiger partial charge < -0.3 is 9.84 Å². The molecule has 6 nitrogen and oxygen atoms in total. The largest absolute Gasteiger partial charge is 0.469 e. The number of ether oxygens (including phenoxy) is 1. The summed E-state index contributed by atoms with van der Waals surface area (Å²) in [5, 5.41) is 11.9. The lowest BCUT2D eigenvalue weighted by Gasteiger charge is -2.01. The molecule has 8 heteroatoms. The van der Waals surface area contributed by atoms with Crippen LogP contribution in [-0.2, 0) is 16.1 Å². The zero-order valence-corrected chi connectivity index (χ0v) is 13.5. The number of nitrogens with zero attached hydrogens (tertiary/aromatic N) is 3. The van der Waals surface area contributed by atoms with Gasteiger partial charge in [-0.05, 0) is 22.8 Å². The predicted molar refractivity (Wildman–Crippen MR) is 82.0 cm³/mol. The van der Waals surface area contributed by atoms with Crippen LogP contribution < -0.4 is 4.68 Å². The van der Waals surface area contributed by atoms with Crippen LogP contribution in [0.1, 0.15) is 13.3 Å². The van der Waals surface area contributed by atoms with E-state index in [1.165, 1.54) is 7.11 Å². The Bertz CT molecular complexity index is 617. The number of alkyl halides is 2. The maximum absolute atomic E-state index is 11.2. The van der Waals surface area contributed by atoms with Crippen molar-refractivity contribution in [2.45, 2.75) is 25.8 Å². The average molecular weight is 340 g/mol. The number of aliphatic hydroxyl groups excluding tert-OH is 1. The van der Waals surface area contributed by atoms with E-state index in [4.69, 9.17) is 5.11 Å². The number of carbonyl (C=O) groups excluding carboxylic acids is 1. The van der Waals surface area contributed by atoms with Crippen LogP contribution in [0.5, 0.6) is 0 Å². The summed E-state index contributed by atoms with van der Waals surface area (Å²) in [4.78, 5) is 15.0. The Hall–Kier alpha value is -2.48. The second-order valence-corrected chi connectivity index (χ2v) is 4.97. The highest BCUT2D eigenvalue weighted by Crippen LogP contribution is 2.14. The summed E-state index contributed by atoms with van der Waals surface area (Å²) in [6.45, 7) is 0.114. The molecule has 0 atom stereocenters. The molecule has 0 amide bonds. The molecule has 0 fully saturated rings. The van der Waals surface area contributed by atoms with Gasteiger partial charge in [0.1, 0.15) is 19.2 Å². The lowest BCUT2D eigenvalue weighted by Crippen LogP contribution is -2.38. The molecule has 130 valence electrons. The summed E-state index contributed by atoms with van der Waals surface area (Å²) in [5.74, 6) is -3.14. The first kappa shape index (κ1) is 19.6. The Balaban J connectivity index is 0.000000413. The summed E-state index contributed by atoms with van der Waals surface area (Å²) in [7, 11) is 1.38. The highest BCUT2D eigenvalue weighted by Gasteiger charge is 2.17.